The smallest absolute Gasteiger partial charge is 0.247 e. The van der Waals surface area contributed by atoms with Crippen molar-refractivity contribution in [1.29, 1.82) is 0 Å². The van der Waals surface area contributed by atoms with Crippen LogP contribution < -0.4 is 4.74 Å². The minimum Gasteiger partial charge on any atom is -0.493 e. The zero-order valence-electron chi connectivity index (χ0n) is 20.1. The second kappa shape index (κ2) is 8.78. The summed E-state index contributed by atoms with van der Waals surface area (Å²) in [6.07, 6.45) is 5.12. The SMILES string of the molecule is CN(C)Cc1ccc(C=CC(=O)N2CCc3c([nH]c4ccccc34)[C@H]2c2ccc3c(c2)CCO3)o1. The standard InChI is InChI=1S/C29H29N3O3/c1-31(2)18-22-9-8-21(35-22)10-12-27(33)32-15-13-24-23-5-3-4-6-25(23)30-28(24)29(32)20-7-11-26-19(17-20)14-16-34-26/h3-12,17,29-30H,13-16,18H2,1-2H3/t29-/m1/s1. The van der Waals surface area contributed by atoms with Gasteiger partial charge in [-0.15, -0.1) is 0 Å². The van der Waals surface area contributed by atoms with Crippen LogP contribution in [-0.4, -0.2) is 47.9 Å². The summed E-state index contributed by atoms with van der Waals surface area (Å²) < 4.78 is 11.6. The average molecular weight is 468 g/mol. The van der Waals surface area contributed by atoms with Gasteiger partial charge in [-0.05, 0) is 73.6 Å². The van der Waals surface area contributed by atoms with Gasteiger partial charge < -0.3 is 23.9 Å². The molecular weight excluding hydrogens is 438 g/mol. The van der Waals surface area contributed by atoms with Crippen LogP contribution in [0.15, 0.2) is 65.1 Å². The number of fused-ring (bicyclic) bond motifs is 4. The number of benzene rings is 2. The predicted octanol–water partition coefficient (Wildman–Crippen LogP) is 4.94. The number of H-pyrrole nitrogens is 1. The highest BCUT2D eigenvalue weighted by molar-refractivity contribution is 5.93. The number of para-hydroxylation sites is 1. The van der Waals surface area contributed by atoms with Crippen LogP contribution in [0.1, 0.15) is 39.9 Å². The van der Waals surface area contributed by atoms with Crippen molar-refractivity contribution in [2.45, 2.75) is 25.4 Å². The first-order valence-corrected chi connectivity index (χ1v) is 12.1. The number of carbonyl (C=O) groups excluding carboxylic acids is 1. The number of nitrogens with one attached hydrogen (secondary N) is 1. The van der Waals surface area contributed by atoms with Crippen molar-refractivity contribution in [2.24, 2.45) is 0 Å². The van der Waals surface area contributed by atoms with E-state index in [0.29, 0.717) is 18.9 Å². The van der Waals surface area contributed by atoms with Crippen LogP contribution >= 0.6 is 0 Å². The Kier molecular flexibility index (Phi) is 5.46. The van der Waals surface area contributed by atoms with Crippen LogP contribution in [0.3, 0.4) is 0 Å². The fourth-order valence-corrected chi connectivity index (χ4v) is 5.33. The predicted molar refractivity (Wildman–Crippen MR) is 136 cm³/mol. The lowest BCUT2D eigenvalue weighted by molar-refractivity contribution is -0.128. The van der Waals surface area contributed by atoms with E-state index in [2.05, 4.69) is 40.2 Å². The molecule has 2 aromatic heterocycles. The molecule has 0 radical (unpaired) electrons. The first-order chi connectivity index (χ1) is 17.1. The van der Waals surface area contributed by atoms with Gasteiger partial charge in [0.2, 0.25) is 5.91 Å². The Bertz CT molecular complexity index is 1430. The normalized spacial score (nSPS) is 17.2. The number of hydrogen-bond acceptors (Lipinski definition) is 4. The van der Waals surface area contributed by atoms with Crippen molar-refractivity contribution < 1.29 is 13.9 Å². The molecule has 4 heterocycles. The van der Waals surface area contributed by atoms with Crippen LogP contribution in [0.4, 0.5) is 0 Å². The number of aromatic nitrogens is 1. The first kappa shape index (κ1) is 21.7. The summed E-state index contributed by atoms with van der Waals surface area (Å²) in [5.74, 6) is 2.48. The zero-order chi connectivity index (χ0) is 23.9. The van der Waals surface area contributed by atoms with E-state index in [1.807, 2.05) is 43.3 Å². The molecule has 35 heavy (non-hydrogen) atoms. The molecule has 0 aliphatic carbocycles. The van der Waals surface area contributed by atoms with E-state index >= 15 is 0 Å². The maximum Gasteiger partial charge on any atom is 0.247 e. The molecule has 6 nitrogen and oxygen atoms in total. The highest BCUT2D eigenvalue weighted by Gasteiger charge is 2.34. The van der Waals surface area contributed by atoms with E-state index in [1.165, 1.54) is 16.5 Å². The van der Waals surface area contributed by atoms with E-state index in [9.17, 15) is 4.79 Å². The summed E-state index contributed by atoms with van der Waals surface area (Å²) >= 11 is 0. The topological polar surface area (TPSA) is 61.7 Å². The Morgan fingerprint density at radius 3 is 2.91 bits per heavy atom. The fraction of sp³-hybridized carbons (Fsp3) is 0.276. The Labute approximate surface area is 204 Å². The number of furan rings is 1. The molecule has 0 bridgehead atoms. The lowest BCUT2D eigenvalue weighted by Crippen LogP contribution is -2.39. The van der Waals surface area contributed by atoms with Crippen molar-refractivity contribution in [1.82, 2.24) is 14.8 Å². The van der Waals surface area contributed by atoms with E-state index in [1.54, 1.807) is 12.2 Å². The third-order valence-electron chi connectivity index (χ3n) is 6.89. The maximum atomic E-state index is 13.5. The molecule has 0 fully saturated rings. The van der Waals surface area contributed by atoms with Gasteiger partial charge in [0.05, 0.1) is 19.2 Å². The average Bonchev–Trinajstić information content (AvgIpc) is 3.59. The second-order valence-electron chi connectivity index (χ2n) is 9.59. The molecule has 1 N–H and O–H groups in total. The van der Waals surface area contributed by atoms with Gasteiger partial charge in [-0.2, -0.15) is 0 Å². The van der Waals surface area contributed by atoms with Gasteiger partial charge in [0, 0.05) is 35.6 Å². The van der Waals surface area contributed by atoms with Gasteiger partial charge >= 0.3 is 0 Å². The van der Waals surface area contributed by atoms with Crippen molar-refractivity contribution in [3.63, 3.8) is 0 Å². The molecule has 2 aromatic carbocycles. The molecule has 178 valence electrons. The van der Waals surface area contributed by atoms with Crippen molar-refractivity contribution >= 4 is 22.9 Å². The molecule has 6 rings (SSSR count). The number of ether oxygens (including phenoxy) is 1. The molecule has 0 spiro atoms. The van der Waals surface area contributed by atoms with Crippen LogP contribution in [0.5, 0.6) is 5.75 Å². The number of aromatic amines is 1. The summed E-state index contributed by atoms with van der Waals surface area (Å²) in [5.41, 5.74) is 5.83. The molecule has 1 amide bonds. The minimum absolute atomic E-state index is 0.0263. The van der Waals surface area contributed by atoms with Gasteiger partial charge in [0.15, 0.2) is 0 Å². The van der Waals surface area contributed by atoms with Crippen molar-refractivity contribution in [3.8, 4) is 5.75 Å². The van der Waals surface area contributed by atoms with Crippen molar-refractivity contribution in [3.05, 3.63) is 94.6 Å². The van der Waals surface area contributed by atoms with Gasteiger partial charge in [0.25, 0.3) is 0 Å². The molecule has 1 atom stereocenters. The summed E-state index contributed by atoms with van der Waals surface area (Å²) in [5, 5.41) is 1.24. The van der Waals surface area contributed by atoms with Crippen LogP contribution in [0.25, 0.3) is 17.0 Å². The van der Waals surface area contributed by atoms with Gasteiger partial charge in [-0.25, -0.2) is 0 Å². The summed E-state index contributed by atoms with van der Waals surface area (Å²) in [4.78, 5) is 21.2. The Morgan fingerprint density at radius 1 is 1.14 bits per heavy atom. The zero-order valence-corrected chi connectivity index (χ0v) is 20.1. The van der Waals surface area contributed by atoms with E-state index in [4.69, 9.17) is 9.15 Å². The lowest BCUT2D eigenvalue weighted by Gasteiger charge is -2.35. The number of hydrogen-bond donors (Lipinski definition) is 1. The molecule has 2 aliphatic heterocycles. The Hall–Kier alpha value is -3.77. The highest BCUT2D eigenvalue weighted by Crippen LogP contribution is 2.40. The fourth-order valence-electron chi connectivity index (χ4n) is 5.33. The van der Waals surface area contributed by atoms with E-state index < -0.39 is 0 Å². The quantitative estimate of drug-likeness (QED) is 0.422. The molecule has 0 unspecified atom stereocenters. The monoisotopic (exact) mass is 467 g/mol. The molecule has 4 aromatic rings. The Balaban J connectivity index is 1.36. The van der Waals surface area contributed by atoms with Gasteiger partial charge in [-0.3, -0.25) is 4.79 Å². The number of rotatable bonds is 5. The van der Waals surface area contributed by atoms with Gasteiger partial charge in [-0.1, -0.05) is 24.3 Å². The first-order valence-electron chi connectivity index (χ1n) is 12.1. The second-order valence-corrected chi connectivity index (χ2v) is 9.59. The van der Waals surface area contributed by atoms with E-state index in [0.717, 1.165) is 47.7 Å². The molecular formula is C29H29N3O3. The molecule has 6 heteroatoms. The number of carbonyl (C=O) groups is 1. The summed E-state index contributed by atoms with van der Waals surface area (Å²) in [6.45, 7) is 2.09. The summed E-state index contributed by atoms with van der Waals surface area (Å²) in [6, 6.07) is 18.4. The third kappa shape index (κ3) is 4.04. The minimum atomic E-state index is -0.185. The molecule has 0 saturated carbocycles. The third-order valence-corrected chi connectivity index (χ3v) is 6.89. The maximum absolute atomic E-state index is 13.5. The Morgan fingerprint density at radius 2 is 2.03 bits per heavy atom. The van der Waals surface area contributed by atoms with Crippen LogP contribution in [0, 0.1) is 0 Å². The number of nitrogens with zero attached hydrogens (tertiary/aromatic N) is 2. The largest absolute Gasteiger partial charge is 0.493 e. The van der Waals surface area contributed by atoms with Gasteiger partial charge in [0.1, 0.15) is 17.3 Å². The van der Waals surface area contributed by atoms with E-state index in [-0.39, 0.29) is 11.9 Å². The van der Waals surface area contributed by atoms with Crippen LogP contribution in [0.2, 0.25) is 0 Å². The highest BCUT2D eigenvalue weighted by atomic mass is 16.5. The number of amides is 1. The molecule has 0 saturated heterocycles. The van der Waals surface area contributed by atoms with Crippen LogP contribution in [-0.2, 0) is 24.2 Å². The lowest BCUT2D eigenvalue weighted by atomic mass is 9.91. The van der Waals surface area contributed by atoms with Crippen molar-refractivity contribution in [2.75, 3.05) is 27.2 Å². The summed E-state index contributed by atoms with van der Waals surface area (Å²) in [7, 11) is 4.00. The molecule has 2 aliphatic rings.